The molecule has 0 aliphatic heterocycles. The lowest BCUT2D eigenvalue weighted by molar-refractivity contribution is 0.390. The quantitative estimate of drug-likeness (QED) is 0.517. The van der Waals surface area contributed by atoms with Gasteiger partial charge in [0.15, 0.2) is 0 Å². The van der Waals surface area contributed by atoms with Crippen LogP contribution in [0.25, 0.3) is 0 Å². The van der Waals surface area contributed by atoms with Crippen molar-refractivity contribution in [3.05, 3.63) is 0 Å². The predicted octanol–water partition coefficient (Wildman–Crippen LogP) is 2.75. The van der Waals surface area contributed by atoms with Gasteiger partial charge in [0.25, 0.3) is 0 Å². The Morgan fingerprint density at radius 1 is 1.19 bits per heavy atom. The van der Waals surface area contributed by atoms with E-state index in [1.165, 1.54) is 0 Å². The van der Waals surface area contributed by atoms with Crippen molar-refractivity contribution >= 4 is 21.6 Å². The SMILES string of the molecule is CCC(CC)C(C)NS(=O)(=O)CCCCCl. The molecule has 1 N–H and O–H groups in total. The summed E-state index contributed by atoms with van der Waals surface area (Å²) in [5, 5.41) is 0. The van der Waals surface area contributed by atoms with Crippen molar-refractivity contribution in [3.63, 3.8) is 0 Å². The fourth-order valence-electron chi connectivity index (χ4n) is 1.82. The normalized spacial score (nSPS) is 14.3. The topological polar surface area (TPSA) is 46.2 Å². The highest BCUT2D eigenvalue weighted by Gasteiger charge is 2.19. The van der Waals surface area contributed by atoms with Crippen LogP contribution < -0.4 is 4.72 Å². The molecule has 1 atom stereocenters. The van der Waals surface area contributed by atoms with E-state index in [9.17, 15) is 8.42 Å². The Balaban J connectivity index is 4.14. The van der Waals surface area contributed by atoms with Gasteiger partial charge in [-0.3, -0.25) is 0 Å². The average Bonchev–Trinajstić information content (AvgIpc) is 2.18. The largest absolute Gasteiger partial charge is 0.212 e. The van der Waals surface area contributed by atoms with Gasteiger partial charge >= 0.3 is 0 Å². The first kappa shape index (κ1) is 16.2. The second kappa shape index (κ2) is 8.31. The molecule has 0 aliphatic rings. The van der Waals surface area contributed by atoms with Crippen LogP contribution in [0.2, 0.25) is 0 Å². The summed E-state index contributed by atoms with van der Waals surface area (Å²) < 4.78 is 26.1. The molecule has 5 heteroatoms. The van der Waals surface area contributed by atoms with Crippen LogP contribution in [-0.4, -0.2) is 26.1 Å². The molecular weight excluding hydrogens is 246 g/mol. The molecule has 0 spiro atoms. The molecule has 0 fully saturated rings. The summed E-state index contributed by atoms with van der Waals surface area (Å²) in [7, 11) is -3.13. The van der Waals surface area contributed by atoms with Crippen molar-refractivity contribution in [1.29, 1.82) is 0 Å². The van der Waals surface area contributed by atoms with Gasteiger partial charge in [0.2, 0.25) is 10.0 Å². The Morgan fingerprint density at radius 2 is 1.75 bits per heavy atom. The Bertz CT molecular complexity index is 263. The second-order valence-electron chi connectivity index (χ2n) is 4.20. The predicted molar refractivity (Wildman–Crippen MR) is 70.4 cm³/mol. The zero-order chi connectivity index (χ0) is 12.6. The summed E-state index contributed by atoms with van der Waals surface area (Å²) in [6.07, 6.45) is 3.39. The van der Waals surface area contributed by atoms with E-state index in [1.54, 1.807) is 0 Å². The van der Waals surface area contributed by atoms with Crippen molar-refractivity contribution in [2.75, 3.05) is 11.6 Å². The molecule has 0 aliphatic carbocycles. The van der Waals surface area contributed by atoms with E-state index in [-0.39, 0.29) is 11.8 Å². The number of unbranched alkanes of at least 4 members (excludes halogenated alkanes) is 1. The van der Waals surface area contributed by atoms with Crippen LogP contribution in [0.3, 0.4) is 0 Å². The third-order valence-corrected chi connectivity index (χ3v) is 4.74. The van der Waals surface area contributed by atoms with Gasteiger partial charge < -0.3 is 0 Å². The molecule has 1 unspecified atom stereocenters. The van der Waals surface area contributed by atoms with E-state index >= 15 is 0 Å². The zero-order valence-corrected chi connectivity index (χ0v) is 12.1. The first-order valence-corrected chi connectivity index (χ1v) is 8.21. The molecule has 0 aromatic rings. The highest BCUT2D eigenvalue weighted by atomic mass is 35.5. The molecule has 3 nitrogen and oxygen atoms in total. The van der Waals surface area contributed by atoms with Gasteiger partial charge in [-0.25, -0.2) is 13.1 Å². The van der Waals surface area contributed by atoms with Gasteiger partial charge in [-0.1, -0.05) is 26.7 Å². The first-order chi connectivity index (χ1) is 7.46. The number of hydrogen-bond donors (Lipinski definition) is 1. The van der Waals surface area contributed by atoms with E-state index in [1.807, 2.05) is 6.92 Å². The summed E-state index contributed by atoms with van der Waals surface area (Å²) in [5.74, 6) is 1.13. The van der Waals surface area contributed by atoms with Crippen LogP contribution in [-0.2, 0) is 10.0 Å². The van der Waals surface area contributed by atoms with Crippen molar-refractivity contribution in [3.8, 4) is 0 Å². The maximum Gasteiger partial charge on any atom is 0.211 e. The molecule has 0 amide bonds. The number of nitrogens with one attached hydrogen (secondary N) is 1. The number of sulfonamides is 1. The number of alkyl halides is 1. The Labute approximate surface area is 105 Å². The first-order valence-electron chi connectivity index (χ1n) is 6.02. The third-order valence-electron chi connectivity index (χ3n) is 2.92. The summed E-state index contributed by atoms with van der Waals surface area (Å²) in [6, 6.07) is 0.0241. The maximum absolute atomic E-state index is 11.7. The van der Waals surface area contributed by atoms with Gasteiger partial charge in [0.1, 0.15) is 0 Å². The third kappa shape index (κ3) is 6.71. The molecule has 0 aromatic carbocycles. The van der Waals surface area contributed by atoms with Crippen LogP contribution in [0.15, 0.2) is 0 Å². The van der Waals surface area contributed by atoms with Crippen LogP contribution in [0.4, 0.5) is 0 Å². The van der Waals surface area contributed by atoms with Crippen LogP contribution >= 0.6 is 11.6 Å². The van der Waals surface area contributed by atoms with Gasteiger partial charge in [0.05, 0.1) is 5.75 Å². The van der Waals surface area contributed by atoms with E-state index in [2.05, 4.69) is 18.6 Å². The number of hydrogen-bond acceptors (Lipinski definition) is 2. The summed E-state index contributed by atoms with van der Waals surface area (Å²) in [5.41, 5.74) is 0. The summed E-state index contributed by atoms with van der Waals surface area (Å²) in [6.45, 7) is 6.12. The fourth-order valence-corrected chi connectivity index (χ4v) is 3.47. The van der Waals surface area contributed by atoms with E-state index in [4.69, 9.17) is 11.6 Å². The molecule has 0 heterocycles. The molecule has 98 valence electrons. The van der Waals surface area contributed by atoms with E-state index in [0.29, 0.717) is 18.2 Å². The van der Waals surface area contributed by atoms with E-state index < -0.39 is 10.0 Å². The minimum Gasteiger partial charge on any atom is -0.212 e. The molecule has 0 radical (unpaired) electrons. The van der Waals surface area contributed by atoms with Crippen LogP contribution in [0.5, 0.6) is 0 Å². The van der Waals surface area contributed by atoms with Crippen molar-refractivity contribution < 1.29 is 8.42 Å². The number of halogens is 1. The molecule has 0 saturated carbocycles. The lowest BCUT2D eigenvalue weighted by atomic mass is 9.96. The molecular formula is C11H24ClNO2S. The van der Waals surface area contributed by atoms with E-state index in [0.717, 1.165) is 19.3 Å². The minimum atomic E-state index is -3.13. The lowest BCUT2D eigenvalue weighted by Gasteiger charge is -2.22. The monoisotopic (exact) mass is 269 g/mol. The van der Waals surface area contributed by atoms with Gasteiger partial charge in [-0.15, -0.1) is 11.6 Å². The van der Waals surface area contributed by atoms with Gasteiger partial charge in [-0.2, -0.15) is 0 Å². The van der Waals surface area contributed by atoms with Crippen LogP contribution in [0.1, 0.15) is 46.5 Å². The highest BCUT2D eigenvalue weighted by molar-refractivity contribution is 7.89. The summed E-state index contributed by atoms with van der Waals surface area (Å²) in [4.78, 5) is 0. The standard InChI is InChI=1S/C11H24ClNO2S/c1-4-11(5-2)10(3)13-16(14,15)9-7-6-8-12/h10-11,13H,4-9H2,1-3H3. The average molecular weight is 270 g/mol. The Kier molecular flexibility index (Phi) is 8.42. The van der Waals surface area contributed by atoms with Crippen molar-refractivity contribution in [1.82, 2.24) is 4.72 Å². The van der Waals surface area contributed by atoms with Crippen LogP contribution in [0, 0.1) is 5.92 Å². The molecule has 0 aromatic heterocycles. The highest BCUT2D eigenvalue weighted by Crippen LogP contribution is 2.13. The minimum absolute atomic E-state index is 0.0241. The van der Waals surface area contributed by atoms with Crippen molar-refractivity contribution in [2.45, 2.75) is 52.5 Å². The number of rotatable bonds is 9. The van der Waals surface area contributed by atoms with Gasteiger partial charge in [0, 0.05) is 11.9 Å². The zero-order valence-electron chi connectivity index (χ0n) is 10.5. The van der Waals surface area contributed by atoms with Crippen molar-refractivity contribution in [2.24, 2.45) is 5.92 Å². The fraction of sp³-hybridized carbons (Fsp3) is 1.00. The maximum atomic E-state index is 11.7. The molecule has 0 bridgehead atoms. The Hall–Kier alpha value is 0.200. The smallest absolute Gasteiger partial charge is 0.211 e. The molecule has 0 saturated heterocycles. The second-order valence-corrected chi connectivity index (χ2v) is 6.45. The summed E-state index contributed by atoms with van der Waals surface area (Å²) >= 11 is 5.52. The molecule has 0 rings (SSSR count). The van der Waals surface area contributed by atoms with Gasteiger partial charge in [-0.05, 0) is 25.7 Å². The molecule has 16 heavy (non-hydrogen) atoms. The Morgan fingerprint density at radius 3 is 2.19 bits per heavy atom. The lowest BCUT2D eigenvalue weighted by Crippen LogP contribution is -2.39.